The van der Waals surface area contributed by atoms with Gasteiger partial charge in [-0.25, -0.2) is 0 Å². The van der Waals surface area contributed by atoms with Gasteiger partial charge in [0.1, 0.15) is 0 Å². The normalized spacial score (nSPS) is 10.3. The van der Waals surface area contributed by atoms with Gasteiger partial charge in [0.05, 0.1) is 0 Å². The maximum absolute atomic E-state index is 12.0. The summed E-state index contributed by atoms with van der Waals surface area (Å²) in [5.74, 6) is 0.125. The van der Waals surface area contributed by atoms with E-state index in [-0.39, 0.29) is 5.78 Å². The first-order chi connectivity index (χ1) is 8.79. The Morgan fingerprint density at radius 3 is 2.28 bits per heavy atom. The Morgan fingerprint density at radius 1 is 1.00 bits per heavy atom. The van der Waals surface area contributed by atoms with E-state index in [1.54, 1.807) is 12.4 Å². The number of Topliss-reactive ketones (excluding diaryl/α,β-unsaturated/α-hetero) is 1. The molecule has 0 radical (unpaired) electrons. The second-order valence-corrected chi connectivity index (χ2v) is 4.19. The van der Waals surface area contributed by atoms with Crippen LogP contribution in [0.3, 0.4) is 0 Å². The van der Waals surface area contributed by atoms with Crippen LogP contribution in [0.15, 0.2) is 48.8 Å². The maximum Gasteiger partial charge on any atom is 0.167 e. The molecule has 0 saturated heterocycles. The molecule has 1 heterocycles. The minimum absolute atomic E-state index is 0.125. The number of hydrogen-bond acceptors (Lipinski definition) is 3. The van der Waals surface area contributed by atoms with Crippen LogP contribution in [0.5, 0.6) is 0 Å². The topological polar surface area (TPSA) is 56.0 Å². The SMILES string of the molecule is NCCc1ccc(C(=O)Cc2ccncc2)cc1. The highest BCUT2D eigenvalue weighted by Crippen LogP contribution is 2.09. The molecular formula is C15H16N2O. The van der Waals surface area contributed by atoms with Crippen LogP contribution >= 0.6 is 0 Å². The fraction of sp³-hybridized carbons (Fsp3) is 0.200. The van der Waals surface area contributed by atoms with Crippen LogP contribution in [0.1, 0.15) is 21.5 Å². The summed E-state index contributed by atoms with van der Waals surface area (Å²) in [5.41, 5.74) is 8.38. The van der Waals surface area contributed by atoms with Crippen molar-refractivity contribution in [2.45, 2.75) is 12.8 Å². The monoisotopic (exact) mass is 240 g/mol. The zero-order valence-corrected chi connectivity index (χ0v) is 10.2. The number of carbonyl (C=O) groups excluding carboxylic acids is 1. The average Bonchev–Trinajstić information content (AvgIpc) is 2.41. The summed E-state index contributed by atoms with van der Waals surface area (Å²) in [5, 5.41) is 0. The van der Waals surface area contributed by atoms with Crippen molar-refractivity contribution >= 4 is 5.78 Å². The second-order valence-electron chi connectivity index (χ2n) is 4.19. The minimum atomic E-state index is 0.125. The van der Waals surface area contributed by atoms with Gasteiger partial charge in [-0.15, -0.1) is 0 Å². The van der Waals surface area contributed by atoms with E-state index in [1.165, 1.54) is 0 Å². The smallest absolute Gasteiger partial charge is 0.167 e. The van der Waals surface area contributed by atoms with Crippen LogP contribution in [-0.4, -0.2) is 17.3 Å². The molecule has 2 rings (SSSR count). The van der Waals surface area contributed by atoms with Crippen molar-refractivity contribution in [2.75, 3.05) is 6.54 Å². The average molecular weight is 240 g/mol. The van der Waals surface area contributed by atoms with E-state index in [2.05, 4.69) is 4.98 Å². The van der Waals surface area contributed by atoms with Crippen molar-refractivity contribution in [2.24, 2.45) is 5.73 Å². The largest absolute Gasteiger partial charge is 0.330 e. The number of ketones is 1. The molecule has 0 aliphatic rings. The third-order valence-corrected chi connectivity index (χ3v) is 2.82. The zero-order valence-electron chi connectivity index (χ0n) is 10.2. The molecule has 0 unspecified atom stereocenters. The molecule has 0 saturated carbocycles. The summed E-state index contributed by atoms with van der Waals surface area (Å²) in [6.07, 6.45) is 4.66. The van der Waals surface area contributed by atoms with E-state index in [0.29, 0.717) is 13.0 Å². The molecule has 0 atom stereocenters. The van der Waals surface area contributed by atoms with Gasteiger partial charge in [0.15, 0.2) is 5.78 Å². The predicted molar refractivity (Wildman–Crippen MR) is 71.5 cm³/mol. The zero-order chi connectivity index (χ0) is 12.8. The number of pyridine rings is 1. The molecule has 1 aromatic carbocycles. The first kappa shape index (κ1) is 12.5. The lowest BCUT2D eigenvalue weighted by molar-refractivity contribution is 0.0993. The van der Waals surface area contributed by atoms with Gasteiger partial charge in [0, 0.05) is 24.4 Å². The quantitative estimate of drug-likeness (QED) is 0.813. The Labute approximate surface area is 107 Å². The van der Waals surface area contributed by atoms with E-state index < -0.39 is 0 Å². The minimum Gasteiger partial charge on any atom is -0.330 e. The number of nitrogens with two attached hydrogens (primary N) is 1. The first-order valence-corrected chi connectivity index (χ1v) is 6.00. The summed E-state index contributed by atoms with van der Waals surface area (Å²) in [6.45, 7) is 0.629. The summed E-state index contributed by atoms with van der Waals surface area (Å²) < 4.78 is 0. The van der Waals surface area contributed by atoms with Gasteiger partial charge >= 0.3 is 0 Å². The molecule has 92 valence electrons. The fourth-order valence-corrected chi connectivity index (χ4v) is 1.81. The van der Waals surface area contributed by atoms with Crippen molar-refractivity contribution in [3.05, 3.63) is 65.5 Å². The Bertz CT molecular complexity index is 506. The van der Waals surface area contributed by atoms with Crippen LogP contribution in [0.25, 0.3) is 0 Å². The summed E-state index contributed by atoms with van der Waals surface area (Å²) in [6, 6.07) is 11.4. The van der Waals surface area contributed by atoms with Gasteiger partial charge in [0.2, 0.25) is 0 Å². The summed E-state index contributed by atoms with van der Waals surface area (Å²) in [7, 11) is 0. The van der Waals surface area contributed by atoms with Crippen molar-refractivity contribution in [1.29, 1.82) is 0 Å². The van der Waals surface area contributed by atoms with Crippen LogP contribution in [0, 0.1) is 0 Å². The van der Waals surface area contributed by atoms with Gasteiger partial charge in [-0.3, -0.25) is 9.78 Å². The molecule has 3 heteroatoms. The fourth-order valence-electron chi connectivity index (χ4n) is 1.81. The Balaban J connectivity index is 2.05. The number of nitrogens with zero attached hydrogens (tertiary/aromatic N) is 1. The number of aromatic nitrogens is 1. The molecule has 0 amide bonds. The third kappa shape index (κ3) is 3.25. The Morgan fingerprint density at radius 2 is 1.67 bits per heavy atom. The Hall–Kier alpha value is -2.00. The molecule has 0 aliphatic heterocycles. The molecular weight excluding hydrogens is 224 g/mol. The maximum atomic E-state index is 12.0. The van der Waals surface area contributed by atoms with Crippen molar-refractivity contribution in [1.82, 2.24) is 4.98 Å². The van der Waals surface area contributed by atoms with Crippen LogP contribution in [0.2, 0.25) is 0 Å². The molecule has 0 fully saturated rings. The molecule has 2 N–H and O–H groups in total. The standard InChI is InChI=1S/C15H16N2O/c16-8-5-12-1-3-14(4-2-12)15(18)11-13-6-9-17-10-7-13/h1-4,6-7,9-10H,5,8,11,16H2. The van der Waals surface area contributed by atoms with Crippen molar-refractivity contribution in [3.63, 3.8) is 0 Å². The van der Waals surface area contributed by atoms with Gasteiger partial charge in [-0.2, -0.15) is 0 Å². The molecule has 2 aromatic rings. The lowest BCUT2D eigenvalue weighted by atomic mass is 10.0. The van der Waals surface area contributed by atoms with Gasteiger partial charge in [0.25, 0.3) is 0 Å². The molecule has 0 bridgehead atoms. The molecule has 0 aliphatic carbocycles. The van der Waals surface area contributed by atoms with Crippen LogP contribution < -0.4 is 5.73 Å². The van der Waals surface area contributed by atoms with Gasteiger partial charge in [-0.05, 0) is 36.2 Å². The molecule has 18 heavy (non-hydrogen) atoms. The van der Waals surface area contributed by atoms with Crippen molar-refractivity contribution < 1.29 is 4.79 Å². The number of carbonyl (C=O) groups is 1. The number of hydrogen-bond donors (Lipinski definition) is 1. The Kier molecular flexibility index (Phi) is 4.20. The predicted octanol–water partition coefficient (Wildman–Crippen LogP) is 2.01. The van der Waals surface area contributed by atoms with Crippen molar-refractivity contribution in [3.8, 4) is 0 Å². The number of benzene rings is 1. The molecule has 1 aromatic heterocycles. The highest BCUT2D eigenvalue weighted by atomic mass is 16.1. The molecule has 0 spiro atoms. The van der Waals surface area contributed by atoms with Gasteiger partial charge in [-0.1, -0.05) is 24.3 Å². The van der Waals surface area contributed by atoms with E-state index in [9.17, 15) is 4.79 Å². The van der Waals surface area contributed by atoms with Crippen LogP contribution in [-0.2, 0) is 12.8 Å². The number of rotatable bonds is 5. The highest BCUT2D eigenvalue weighted by molar-refractivity contribution is 5.97. The lowest BCUT2D eigenvalue weighted by Gasteiger charge is -2.03. The van der Waals surface area contributed by atoms with Gasteiger partial charge < -0.3 is 5.73 Å². The molecule has 3 nitrogen and oxygen atoms in total. The highest BCUT2D eigenvalue weighted by Gasteiger charge is 2.06. The third-order valence-electron chi connectivity index (χ3n) is 2.82. The summed E-state index contributed by atoms with van der Waals surface area (Å²) in [4.78, 5) is 16.0. The summed E-state index contributed by atoms with van der Waals surface area (Å²) >= 11 is 0. The van der Waals surface area contributed by atoms with E-state index >= 15 is 0 Å². The first-order valence-electron chi connectivity index (χ1n) is 6.00. The van der Waals surface area contributed by atoms with E-state index in [1.807, 2.05) is 36.4 Å². The lowest BCUT2D eigenvalue weighted by Crippen LogP contribution is -2.05. The van der Waals surface area contributed by atoms with Crippen LogP contribution in [0.4, 0.5) is 0 Å². The second kappa shape index (κ2) is 6.07. The van der Waals surface area contributed by atoms with E-state index in [0.717, 1.165) is 23.1 Å². The van der Waals surface area contributed by atoms with E-state index in [4.69, 9.17) is 5.73 Å².